The molecular weight excluding hydrogens is 378 g/mol. The van der Waals surface area contributed by atoms with Crippen molar-refractivity contribution < 1.29 is 18.3 Å². The number of anilines is 1. The second kappa shape index (κ2) is 9.59. The lowest BCUT2D eigenvalue weighted by molar-refractivity contribution is 0.0515. The molecule has 1 N–H and O–H groups in total. The van der Waals surface area contributed by atoms with Gasteiger partial charge in [0.05, 0.1) is 23.7 Å². The highest BCUT2D eigenvalue weighted by Crippen LogP contribution is 2.16. The summed E-state index contributed by atoms with van der Waals surface area (Å²) in [5, 5.41) is 8.17. The molecule has 0 fully saturated rings. The average molecular weight is 398 g/mol. The Morgan fingerprint density at radius 1 is 1.14 bits per heavy atom. The number of nitrogens with one attached hydrogen (secondary N) is 1. The van der Waals surface area contributed by atoms with Gasteiger partial charge in [0, 0.05) is 6.42 Å². The van der Waals surface area contributed by atoms with E-state index >= 15 is 0 Å². The highest BCUT2D eigenvalue weighted by molar-refractivity contribution is 5.91. The van der Waals surface area contributed by atoms with E-state index in [0.29, 0.717) is 11.4 Å². The summed E-state index contributed by atoms with van der Waals surface area (Å²) in [6.07, 6.45) is -3.00. The minimum absolute atomic E-state index is 0.165. The smallest absolute Gasteiger partial charge is 0.357 e. The Labute approximate surface area is 166 Å². The number of para-hydroxylation sites is 2. The van der Waals surface area contributed by atoms with Gasteiger partial charge in [-0.2, -0.15) is 10.2 Å². The summed E-state index contributed by atoms with van der Waals surface area (Å²) in [4.78, 5) is 12.3. The maximum atomic E-state index is 13.5. The molecule has 0 saturated carbocycles. The molecule has 150 valence electrons. The molecule has 2 aromatic carbocycles. The molecule has 6 nitrogen and oxygen atoms in total. The third-order valence-corrected chi connectivity index (χ3v) is 3.96. The van der Waals surface area contributed by atoms with Gasteiger partial charge in [-0.25, -0.2) is 18.3 Å². The molecule has 8 heteroatoms. The van der Waals surface area contributed by atoms with Gasteiger partial charge in [-0.15, -0.1) is 0 Å². The molecule has 0 saturated heterocycles. The van der Waals surface area contributed by atoms with E-state index in [-0.39, 0.29) is 30.1 Å². The highest BCUT2D eigenvalue weighted by Gasteiger charge is 2.21. The minimum atomic E-state index is -2.78. The zero-order chi connectivity index (χ0) is 20.6. The number of esters is 1. The first-order valence-electron chi connectivity index (χ1n) is 9.05. The van der Waals surface area contributed by atoms with Crippen LogP contribution in [0.1, 0.15) is 23.1 Å². The summed E-state index contributed by atoms with van der Waals surface area (Å²) >= 11 is 0. The van der Waals surface area contributed by atoms with Crippen LogP contribution in [0.4, 0.5) is 14.5 Å². The molecule has 0 atom stereocenters. The van der Waals surface area contributed by atoms with Crippen LogP contribution in [0.25, 0.3) is 5.69 Å². The van der Waals surface area contributed by atoms with Gasteiger partial charge in [0.1, 0.15) is 5.71 Å². The number of alkyl halides is 2. The number of ether oxygens (including phenoxy) is 1. The molecule has 3 rings (SSSR count). The number of halogens is 2. The molecule has 0 aliphatic rings. The third kappa shape index (κ3) is 5.25. The van der Waals surface area contributed by atoms with Crippen molar-refractivity contribution >= 4 is 17.4 Å². The molecule has 0 unspecified atom stereocenters. The van der Waals surface area contributed by atoms with E-state index in [2.05, 4.69) is 15.6 Å². The van der Waals surface area contributed by atoms with Gasteiger partial charge in [-0.3, -0.25) is 5.43 Å². The summed E-state index contributed by atoms with van der Waals surface area (Å²) in [7, 11) is 0. The van der Waals surface area contributed by atoms with Crippen molar-refractivity contribution in [3.05, 3.63) is 78.1 Å². The lowest BCUT2D eigenvalue weighted by atomic mass is 10.2. The number of carbonyl (C=O) groups is 1. The van der Waals surface area contributed by atoms with Crippen LogP contribution >= 0.6 is 0 Å². The number of hydrogen-bond acceptors (Lipinski definition) is 5. The Bertz CT molecular complexity index is 973. The fraction of sp³-hybridized carbons (Fsp3) is 0.190. The molecule has 0 aliphatic carbocycles. The highest BCUT2D eigenvalue weighted by atomic mass is 19.3. The van der Waals surface area contributed by atoms with Crippen molar-refractivity contribution in [3.63, 3.8) is 0 Å². The van der Waals surface area contributed by atoms with Crippen molar-refractivity contribution in [2.75, 3.05) is 12.0 Å². The zero-order valence-corrected chi connectivity index (χ0v) is 15.8. The summed E-state index contributed by atoms with van der Waals surface area (Å²) in [5.74, 6) is -0.576. The van der Waals surface area contributed by atoms with Gasteiger partial charge in [0.15, 0.2) is 5.69 Å². The van der Waals surface area contributed by atoms with E-state index in [9.17, 15) is 13.6 Å². The van der Waals surface area contributed by atoms with Crippen LogP contribution in [-0.2, 0) is 11.2 Å². The number of aromatic nitrogens is 2. The molecule has 0 aliphatic heterocycles. The lowest BCUT2D eigenvalue weighted by Crippen LogP contribution is -2.16. The number of hydrazone groups is 1. The Morgan fingerprint density at radius 2 is 1.79 bits per heavy atom. The van der Waals surface area contributed by atoms with E-state index in [1.165, 1.54) is 10.7 Å². The average Bonchev–Trinajstić information content (AvgIpc) is 3.16. The zero-order valence-electron chi connectivity index (χ0n) is 15.8. The first-order chi connectivity index (χ1) is 14.1. The van der Waals surface area contributed by atoms with Crippen LogP contribution < -0.4 is 5.43 Å². The van der Waals surface area contributed by atoms with E-state index in [1.54, 1.807) is 55.5 Å². The monoisotopic (exact) mass is 398 g/mol. The second-order valence-corrected chi connectivity index (χ2v) is 6.05. The maximum Gasteiger partial charge on any atom is 0.357 e. The van der Waals surface area contributed by atoms with Gasteiger partial charge < -0.3 is 4.74 Å². The first-order valence-corrected chi connectivity index (χ1v) is 9.05. The van der Waals surface area contributed by atoms with Crippen LogP contribution in [0, 0.1) is 0 Å². The molecule has 0 spiro atoms. The van der Waals surface area contributed by atoms with Crippen LogP contribution in [0.3, 0.4) is 0 Å². The predicted octanol–water partition coefficient (Wildman–Crippen LogP) is 4.32. The third-order valence-electron chi connectivity index (χ3n) is 3.96. The molecule has 0 bridgehead atoms. The van der Waals surface area contributed by atoms with E-state index in [0.717, 1.165) is 0 Å². The maximum absolute atomic E-state index is 13.5. The number of hydrogen-bond donors (Lipinski definition) is 1. The van der Waals surface area contributed by atoms with Crippen molar-refractivity contribution in [2.45, 2.75) is 19.8 Å². The van der Waals surface area contributed by atoms with Crippen molar-refractivity contribution in [1.82, 2.24) is 9.78 Å². The molecular formula is C21H20F2N4O2. The van der Waals surface area contributed by atoms with Gasteiger partial charge >= 0.3 is 5.97 Å². The molecule has 0 radical (unpaired) electrons. The minimum Gasteiger partial charge on any atom is -0.461 e. The number of benzene rings is 2. The Balaban J connectivity index is 1.89. The molecule has 29 heavy (non-hydrogen) atoms. The summed E-state index contributed by atoms with van der Waals surface area (Å²) in [5.41, 5.74) is 3.90. The SMILES string of the molecule is CCOC(=O)c1cc(CC(=NNc2ccccc2)C(F)F)nn1-c1ccccc1. The van der Waals surface area contributed by atoms with E-state index in [1.807, 2.05) is 12.1 Å². The molecule has 0 amide bonds. The molecule has 1 aromatic heterocycles. The van der Waals surface area contributed by atoms with Gasteiger partial charge in [-0.1, -0.05) is 36.4 Å². The fourth-order valence-electron chi connectivity index (χ4n) is 2.63. The largest absolute Gasteiger partial charge is 0.461 e. The normalized spacial score (nSPS) is 11.5. The second-order valence-electron chi connectivity index (χ2n) is 6.05. The quantitative estimate of drug-likeness (QED) is 0.349. The van der Waals surface area contributed by atoms with E-state index in [4.69, 9.17) is 4.74 Å². The Morgan fingerprint density at radius 3 is 2.41 bits per heavy atom. The standard InChI is InChI=1S/C21H20F2N4O2/c1-2-29-21(28)19-14-16(26-27(19)17-11-7-4-8-12-17)13-18(20(22)23)25-24-15-9-5-3-6-10-15/h3-12,14,20,24H,2,13H2,1H3. The van der Waals surface area contributed by atoms with Gasteiger partial charge in [0.2, 0.25) is 0 Å². The van der Waals surface area contributed by atoms with Crippen LogP contribution in [-0.4, -0.2) is 34.5 Å². The number of rotatable bonds is 8. The van der Waals surface area contributed by atoms with Crippen LogP contribution in [0.15, 0.2) is 71.8 Å². The van der Waals surface area contributed by atoms with E-state index < -0.39 is 12.4 Å². The summed E-state index contributed by atoms with van der Waals surface area (Å²) < 4.78 is 33.5. The fourth-order valence-corrected chi connectivity index (χ4v) is 2.63. The number of nitrogens with zero attached hydrogens (tertiary/aromatic N) is 3. The van der Waals surface area contributed by atoms with Crippen LogP contribution in [0.2, 0.25) is 0 Å². The van der Waals surface area contributed by atoms with Crippen molar-refractivity contribution in [1.29, 1.82) is 0 Å². The Hall–Kier alpha value is -3.55. The van der Waals surface area contributed by atoms with Crippen LogP contribution in [0.5, 0.6) is 0 Å². The topological polar surface area (TPSA) is 68.5 Å². The van der Waals surface area contributed by atoms with Crippen molar-refractivity contribution in [3.8, 4) is 5.69 Å². The predicted molar refractivity (Wildman–Crippen MR) is 107 cm³/mol. The molecule has 3 aromatic rings. The van der Waals surface area contributed by atoms with Gasteiger partial charge in [-0.05, 0) is 37.3 Å². The number of carbonyl (C=O) groups excluding carboxylic acids is 1. The summed E-state index contributed by atoms with van der Waals surface area (Å²) in [6.45, 7) is 1.89. The van der Waals surface area contributed by atoms with Crippen molar-refractivity contribution in [2.24, 2.45) is 5.10 Å². The lowest BCUT2D eigenvalue weighted by Gasteiger charge is -2.06. The summed E-state index contributed by atoms with van der Waals surface area (Å²) in [6, 6.07) is 19.2. The Kier molecular flexibility index (Phi) is 6.67. The first kappa shape index (κ1) is 20.2. The molecule has 1 heterocycles. The van der Waals surface area contributed by atoms with Gasteiger partial charge in [0.25, 0.3) is 6.43 Å².